The summed E-state index contributed by atoms with van der Waals surface area (Å²) in [5, 5.41) is 9.89. The molecule has 0 spiro atoms. The van der Waals surface area contributed by atoms with Gasteiger partial charge in [0.15, 0.2) is 5.76 Å². The van der Waals surface area contributed by atoms with Gasteiger partial charge in [0.25, 0.3) is 11.8 Å². The zero-order chi connectivity index (χ0) is 20.9. The Morgan fingerprint density at radius 2 is 1.90 bits per heavy atom. The molecular formula is C23H20N4O3. The standard InChI is InChI=1S/C23H20N4O3/c1-16-8-9-18(14-20(16)26-23(29)21-7-3-12-30-21)22(28)25-19-6-2-5-17(13-19)15-27-11-4-10-24-27/h2-14H,15H2,1H3,(H,25,28)(H,26,29). The van der Waals surface area contributed by atoms with Crippen molar-refractivity contribution in [1.29, 1.82) is 0 Å². The minimum atomic E-state index is -0.369. The molecule has 2 amide bonds. The third-order valence-corrected chi connectivity index (χ3v) is 4.58. The Kier molecular flexibility index (Phi) is 5.43. The predicted molar refractivity (Wildman–Crippen MR) is 114 cm³/mol. The molecule has 0 unspecified atom stereocenters. The highest BCUT2D eigenvalue weighted by molar-refractivity contribution is 6.07. The molecule has 4 aromatic rings. The first-order valence-electron chi connectivity index (χ1n) is 9.42. The number of benzene rings is 2. The third-order valence-electron chi connectivity index (χ3n) is 4.58. The average molecular weight is 400 g/mol. The van der Waals surface area contributed by atoms with E-state index in [-0.39, 0.29) is 17.6 Å². The molecule has 2 heterocycles. The minimum Gasteiger partial charge on any atom is -0.459 e. The third kappa shape index (κ3) is 4.47. The fraction of sp³-hybridized carbons (Fsp3) is 0.0870. The molecule has 2 aromatic carbocycles. The van der Waals surface area contributed by atoms with Crippen LogP contribution in [-0.2, 0) is 6.54 Å². The molecule has 4 rings (SSSR count). The molecule has 0 saturated heterocycles. The van der Waals surface area contributed by atoms with Crippen LogP contribution in [0.15, 0.2) is 83.7 Å². The van der Waals surface area contributed by atoms with Crippen molar-refractivity contribution in [1.82, 2.24) is 9.78 Å². The summed E-state index contributed by atoms with van der Waals surface area (Å²) in [5.41, 5.74) is 3.54. The molecule has 0 atom stereocenters. The Bertz CT molecular complexity index is 1170. The zero-order valence-corrected chi connectivity index (χ0v) is 16.3. The van der Waals surface area contributed by atoms with Crippen molar-refractivity contribution in [3.63, 3.8) is 0 Å². The van der Waals surface area contributed by atoms with Gasteiger partial charge in [-0.3, -0.25) is 14.3 Å². The van der Waals surface area contributed by atoms with E-state index >= 15 is 0 Å². The Morgan fingerprint density at radius 3 is 2.67 bits per heavy atom. The SMILES string of the molecule is Cc1ccc(C(=O)Nc2cccc(Cn3cccn3)c2)cc1NC(=O)c1ccco1. The number of aromatic nitrogens is 2. The van der Waals surface area contributed by atoms with Crippen molar-refractivity contribution < 1.29 is 14.0 Å². The molecular weight excluding hydrogens is 380 g/mol. The normalized spacial score (nSPS) is 10.6. The number of hydrogen-bond acceptors (Lipinski definition) is 4. The fourth-order valence-electron chi connectivity index (χ4n) is 3.02. The molecule has 0 fully saturated rings. The molecule has 0 saturated carbocycles. The van der Waals surface area contributed by atoms with Gasteiger partial charge >= 0.3 is 0 Å². The van der Waals surface area contributed by atoms with E-state index in [1.165, 1.54) is 6.26 Å². The van der Waals surface area contributed by atoms with Crippen LogP contribution in [-0.4, -0.2) is 21.6 Å². The van der Waals surface area contributed by atoms with Crippen molar-refractivity contribution >= 4 is 23.2 Å². The highest BCUT2D eigenvalue weighted by Gasteiger charge is 2.13. The molecule has 30 heavy (non-hydrogen) atoms. The number of carbonyl (C=O) groups is 2. The van der Waals surface area contributed by atoms with Crippen LogP contribution in [0.5, 0.6) is 0 Å². The first-order valence-corrected chi connectivity index (χ1v) is 9.42. The molecule has 7 heteroatoms. The molecule has 150 valence electrons. The Labute approximate surface area is 173 Å². The maximum Gasteiger partial charge on any atom is 0.291 e. The van der Waals surface area contributed by atoms with E-state index in [2.05, 4.69) is 15.7 Å². The maximum atomic E-state index is 12.8. The van der Waals surface area contributed by atoms with Crippen molar-refractivity contribution in [2.45, 2.75) is 13.5 Å². The summed E-state index contributed by atoms with van der Waals surface area (Å²) in [4.78, 5) is 25.0. The second kappa shape index (κ2) is 8.48. The van der Waals surface area contributed by atoms with Crippen molar-refractivity contribution in [2.75, 3.05) is 10.6 Å². The number of nitrogens with zero attached hydrogens (tertiary/aromatic N) is 2. The quantitative estimate of drug-likeness (QED) is 0.504. The van der Waals surface area contributed by atoms with E-state index in [9.17, 15) is 9.59 Å². The van der Waals surface area contributed by atoms with Gasteiger partial charge in [-0.15, -0.1) is 0 Å². The monoisotopic (exact) mass is 400 g/mol. The summed E-state index contributed by atoms with van der Waals surface area (Å²) in [7, 11) is 0. The Morgan fingerprint density at radius 1 is 1.00 bits per heavy atom. The molecule has 0 radical (unpaired) electrons. The van der Waals surface area contributed by atoms with Crippen LogP contribution in [0.25, 0.3) is 0 Å². The number of amides is 2. The topological polar surface area (TPSA) is 89.2 Å². The summed E-state index contributed by atoms with van der Waals surface area (Å²) in [6.07, 6.45) is 5.05. The van der Waals surface area contributed by atoms with E-state index in [1.54, 1.807) is 36.5 Å². The number of hydrogen-bond donors (Lipinski definition) is 2. The van der Waals surface area contributed by atoms with Gasteiger partial charge in [-0.05, 0) is 60.5 Å². The van der Waals surface area contributed by atoms with Gasteiger partial charge in [-0.1, -0.05) is 18.2 Å². The van der Waals surface area contributed by atoms with Crippen LogP contribution in [0.4, 0.5) is 11.4 Å². The van der Waals surface area contributed by atoms with Gasteiger partial charge in [-0.2, -0.15) is 5.10 Å². The fourth-order valence-corrected chi connectivity index (χ4v) is 3.02. The number of furan rings is 1. The Balaban J connectivity index is 1.48. The van der Waals surface area contributed by atoms with Crippen LogP contribution >= 0.6 is 0 Å². The summed E-state index contributed by atoms with van der Waals surface area (Å²) in [5.74, 6) is -0.426. The van der Waals surface area contributed by atoms with E-state index in [1.807, 2.05) is 48.1 Å². The van der Waals surface area contributed by atoms with Gasteiger partial charge in [-0.25, -0.2) is 0 Å². The van der Waals surface area contributed by atoms with Crippen LogP contribution in [0.2, 0.25) is 0 Å². The van der Waals surface area contributed by atoms with Crippen LogP contribution in [0.3, 0.4) is 0 Å². The lowest BCUT2D eigenvalue weighted by molar-refractivity contribution is 0.0993. The lowest BCUT2D eigenvalue weighted by Gasteiger charge is -2.11. The minimum absolute atomic E-state index is 0.207. The first kappa shape index (κ1) is 19.2. The van der Waals surface area contributed by atoms with Crippen molar-refractivity contribution in [3.05, 3.63) is 102 Å². The first-order chi connectivity index (χ1) is 14.6. The summed E-state index contributed by atoms with van der Waals surface area (Å²) in [6.45, 7) is 2.47. The number of carbonyl (C=O) groups excluding carboxylic acids is 2. The second-order valence-electron chi connectivity index (χ2n) is 6.82. The van der Waals surface area contributed by atoms with Crippen LogP contribution in [0.1, 0.15) is 32.0 Å². The average Bonchev–Trinajstić information content (AvgIpc) is 3.44. The van der Waals surface area contributed by atoms with E-state index in [0.717, 1.165) is 11.1 Å². The maximum absolute atomic E-state index is 12.8. The molecule has 0 bridgehead atoms. The van der Waals surface area contributed by atoms with Gasteiger partial charge in [0.2, 0.25) is 0 Å². The summed E-state index contributed by atoms with van der Waals surface area (Å²) >= 11 is 0. The van der Waals surface area contributed by atoms with Crippen LogP contribution in [0, 0.1) is 6.92 Å². The van der Waals surface area contributed by atoms with Crippen LogP contribution < -0.4 is 10.6 Å². The molecule has 7 nitrogen and oxygen atoms in total. The second-order valence-corrected chi connectivity index (χ2v) is 6.82. The lowest BCUT2D eigenvalue weighted by atomic mass is 10.1. The van der Waals surface area contributed by atoms with Crippen molar-refractivity contribution in [3.8, 4) is 0 Å². The number of aryl methyl sites for hydroxylation is 1. The molecule has 2 aromatic heterocycles. The van der Waals surface area contributed by atoms with E-state index in [4.69, 9.17) is 4.42 Å². The van der Waals surface area contributed by atoms with Gasteiger partial charge in [0.1, 0.15) is 0 Å². The van der Waals surface area contributed by atoms with Gasteiger partial charge in [0.05, 0.1) is 12.8 Å². The highest BCUT2D eigenvalue weighted by atomic mass is 16.3. The molecule has 0 aliphatic heterocycles. The van der Waals surface area contributed by atoms with E-state index < -0.39 is 0 Å². The number of rotatable bonds is 6. The summed E-state index contributed by atoms with van der Waals surface area (Å²) in [6, 6.07) is 17.9. The van der Waals surface area contributed by atoms with Crippen molar-refractivity contribution in [2.24, 2.45) is 0 Å². The van der Waals surface area contributed by atoms with E-state index in [0.29, 0.717) is 23.5 Å². The Hall–Kier alpha value is -4.13. The zero-order valence-electron chi connectivity index (χ0n) is 16.3. The highest BCUT2D eigenvalue weighted by Crippen LogP contribution is 2.20. The number of anilines is 2. The number of nitrogens with one attached hydrogen (secondary N) is 2. The summed E-state index contributed by atoms with van der Waals surface area (Å²) < 4.78 is 6.93. The molecule has 0 aliphatic carbocycles. The molecule has 2 N–H and O–H groups in total. The molecule has 0 aliphatic rings. The predicted octanol–water partition coefficient (Wildman–Crippen LogP) is 4.34. The van der Waals surface area contributed by atoms with Gasteiger partial charge < -0.3 is 15.1 Å². The lowest BCUT2D eigenvalue weighted by Crippen LogP contribution is -2.15. The smallest absolute Gasteiger partial charge is 0.291 e. The van der Waals surface area contributed by atoms with Gasteiger partial charge in [0, 0.05) is 29.3 Å². The largest absolute Gasteiger partial charge is 0.459 e.